The first-order valence-corrected chi connectivity index (χ1v) is 12.7. The number of halogens is 2. The Morgan fingerprint density at radius 1 is 1.00 bits per heavy atom. The first-order valence-electron chi connectivity index (χ1n) is 10.9. The number of nitro groups is 1. The number of fused-ring (bicyclic) bond motifs is 5. The van der Waals surface area contributed by atoms with Crippen LogP contribution in [-0.2, 0) is 14.3 Å². The van der Waals surface area contributed by atoms with E-state index >= 15 is 0 Å². The van der Waals surface area contributed by atoms with Gasteiger partial charge in [0.25, 0.3) is 5.69 Å². The molecule has 2 amide bonds. The number of carbonyl (C=O) groups excluding carboxylic acids is 4. The summed E-state index contributed by atoms with van der Waals surface area (Å²) < 4.78 is 5.18. The molecule has 11 heteroatoms. The first-order chi connectivity index (χ1) is 16.7. The van der Waals surface area contributed by atoms with E-state index in [1.807, 2.05) is 0 Å². The van der Waals surface area contributed by atoms with Crippen LogP contribution >= 0.6 is 31.9 Å². The molecule has 1 saturated heterocycles. The maximum Gasteiger partial charge on any atom is 0.340 e. The second-order valence-electron chi connectivity index (χ2n) is 8.84. The summed E-state index contributed by atoms with van der Waals surface area (Å²) in [5, 5.41) is 10.9. The molecule has 3 aliphatic rings. The average molecular weight is 606 g/mol. The number of non-ortho nitro benzene ring substituents is 1. The van der Waals surface area contributed by atoms with Crippen LogP contribution in [0.4, 0.5) is 11.4 Å². The van der Waals surface area contributed by atoms with Crippen molar-refractivity contribution in [2.75, 3.05) is 11.5 Å². The van der Waals surface area contributed by atoms with E-state index in [2.05, 4.69) is 31.9 Å². The lowest BCUT2D eigenvalue weighted by atomic mass is 9.81. The largest absolute Gasteiger partial charge is 0.454 e. The standard InChI is InChI=1S/C24H18Br2N2O7/c25-20-14-9-15(21(20)26)19-18(14)22(30)27(23(19)31)16-7-2-1-6-13(16)24(32)35-10-17(29)11-4-3-5-12(8-11)28(33)34/h1-8,14-15,18-21H,9-10H2. The highest BCUT2D eigenvalue weighted by atomic mass is 79.9. The molecule has 0 spiro atoms. The van der Waals surface area contributed by atoms with Crippen LogP contribution in [0, 0.1) is 33.8 Å². The third-order valence-corrected chi connectivity index (χ3v) is 10.3. The number of Topliss-reactive ketones (excluding diaryl/α,β-unsaturated/α-hetero) is 1. The average Bonchev–Trinajstić information content (AvgIpc) is 3.47. The van der Waals surface area contributed by atoms with Crippen molar-refractivity contribution in [2.24, 2.45) is 23.7 Å². The van der Waals surface area contributed by atoms with Crippen LogP contribution in [0.1, 0.15) is 27.1 Å². The lowest BCUT2D eigenvalue weighted by Gasteiger charge is -2.28. The maximum atomic E-state index is 13.4. The van der Waals surface area contributed by atoms with Crippen molar-refractivity contribution in [1.82, 2.24) is 0 Å². The van der Waals surface area contributed by atoms with Gasteiger partial charge in [0, 0.05) is 27.4 Å². The summed E-state index contributed by atoms with van der Waals surface area (Å²) in [5.74, 6) is -2.98. The number of rotatable bonds is 6. The summed E-state index contributed by atoms with van der Waals surface area (Å²) in [4.78, 5) is 63.6. The third-order valence-electron chi connectivity index (χ3n) is 7.07. The molecule has 180 valence electrons. The maximum absolute atomic E-state index is 13.4. The van der Waals surface area contributed by atoms with Gasteiger partial charge in [-0.2, -0.15) is 0 Å². The van der Waals surface area contributed by atoms with Crippen molar-refractivity contribution in [1.29, 1.82) is 0 Å². The molecule has 9 nitrogen and oxygen atoms in total. The van der Waals surface area contributed by atoms with Crippen LogP contribution in [0.5, 0.6) is 0 Å². The molecule has 0 N–H and O–H groups in total. The zero-order valence-electron chi connectivity index (χ0n) is 18.0. The van der Waals surface area contributed by atoms with Gasteiger partial charge in [0.05, 0.1) is 28.0 Å². The van der Waals surface area contributed by atoms with Crippen LogP contribution < -0.4 is 4.90 Å². The number of anilines is 1. The molecule has 3 fully saturated rings. The van der Waals surface area contributed by atoms with Gasteiger partial charge in [0.15, 0.2) is 6.61 Å². The van der Waals surface area contributed by atoms with Gasteiger partial charge in [-0.25, -0.2) is 9.69 Å². The molecule has 5 rings (SSSR count). The molecular weight excluding hydrogens is 588 g/mol. The van der Waals surface area contributed by atoms with Gasteiger partial charge in [-0.3, -0.25) is 24.5 Å². The second kappa shape index (κ2) is 8.94. The number of carbonyl (C=O) groups is 4. The van der Waals surface area contributed by atoms with E-state index in [9.17, 15) is 29.3 Å². The summed E-state index contributed by atoms with van der Waals surface area (Å²) in [7, 11) is 0. The number of ether oxygens (including phenoxy) is 1. The number of alkyl halides is 2. The molecule has 2 aliphatic carbocycles. The minimum atomic E-state index is -0.878. The van der Waals surface area contributed by atoms with Crippen molar-refractivity contribution in [3.8, 4) is 0 Å². The van der Waals surface area contributed by atoms with E-state index in [0.29, 0.717) is 0 Å². The number of amides is 2. The monoisotopic (exact) mass is 604 g/mol. The van der Waals surface area contributed by atoms with Crippen molar-refractivity contribution in [3.05, 3.63) is 69.8 Å². The molecule has 6 unspecified atom stereocenters. The summed E-state index contributed by atoms with van der Waals surface area (Å²) >= 11 is 7.30. The number of nitro benzene ring substituents is 1. The van der Waals surface area contributed by atoms with E-state index in [4.69, 9.17) is 4.74 Å². The Labute approximate surface area is 216 Å². The molecule has 0 aromatic heterocycles. The third kappa shape index (κ3) is 3.81. The van der Waals surface area contributed by atoms with Gasteiger partial charge in [0.1, 0.15) is 0 Å². The van der Waals surface area contributed by atoms with E-state index in [0.717, 1.165) is 17.4 Å². The van der Waals surface area contributed by atoms with E-state index in [1.165, 1.54) is 30.3 Å². The molecule has 2 bridgehead atoms. The summed E-state index contributed by atoms with van der Waals surface area (Å²) in [5.41, 5.74) is -0.114. The predicted octanol–water partition coefficient (Wildman–Crippen LogP) is 3.92. The topological polar surface area (TPSA) is 124 Å². The number of ketones is 1. The van der Waals surface area contributed by atoms with Gasteiger partial charge in [-0.1, -0.05) is 56.1 Å². The molecule has 6 atom stereocenters. The summed E-state index contributed by atoms with van der Waals surface area (Å²) in [6, 6.07) is 11.2. The van der Waals surface area contributed by atoms with Crippen LogP contribution in [0.2, 0.25) is 0 Å². The second-order valence-corrected chi connectivity index (χ2v) is 11.0. The van der Waals surface area contributed by atoms with Crippen molar-refractivity contribution in [2.45, 2.75) is 16.1 Å². The molecule has 1 heterocycles. The van der Waals surface area contributed by atoms with E-state index < -0.39 is 35.1 Å². The zero-order chi connectivity index (χ0) is 25.0. The Bertz CT molecular complexity index is 1250. The fraction of sp³-hybridized carbons (Fsp3) is 0.333. The SMILES string of the molecule is O=C(COC(=O)c1ccccc1N1C(=O)C2C3CC(C(Br)C3Br)C2C1=O)c1cccc([N+](=O)[O-])c1. The summed E-state index contributed by atoms with van der Waals surface area (Å²) in [6.45, 7) is -0.651. The lowest BCUT2D eigenvalue weighted by Crippen LogP contribution is -2.37. The number of para-hydroxylation sites is 1. The lowest BCUT2D eigenvalue weighted by molar-refractivity contribution is -0.384. The number of benzene rings is 2. The van der Waals surface area contributed by atoms with Crippen LogP contribution in [0.25, 0.3) is 0 Å². The zero-order valence-corrected chi connectivity index (χ0v) is 21.2. The first kappa shape index (κ1) is 23.8. The Balaban J connectivity index is 1.35. The Morgan fingerprint density at radius 2 is 1.63 bits per heavy atom. The quantitative estimate of drug-likeness (QED) is 0.122. The van der Waals surface area contributed by atoms with Gasteiger partial charge in [-0.15, -0.1) is 0 Å². The number of nitrogens with zero attached hydrogens (tertiary/aromatic N) is 2. The van der Waals surface area contributed by atoms with Gasteiger partial charge in [-0.05, 0) is 30.4 Å². The minimum Gasteiger partial charge on any atom is -0.454 e. The van der Waals surface area contributed by atoms with E-state index in [1.54, 1.807) is 12.1 Å². The predicted molar refractivity (Wildman–Crippen MR) is 131 cm³/mol. The van der Waals surface area contributed by atoms with Crippen molar-refractivity contribution >= 4 is 66.8 Å². The van der Waals surface area contributed by atoms with E-state index in [-0.39, 0.29) is 55.8 Å². The van der Waals surface area contributed by atoms with Crippen molar-refractivity contribution in [3.63, 3.8) is 0 Å². The van der Waals surface area contributed by atoms with Crippen molar-refractivity contribution < 1.29 is 28.8 Å². The highest BCUT2D eigenvalue weighted by molar-refractivity contribution is 9.12. The molecular formula is C24H18Br2N2O7. The molecule has 1 aliphatic heterocycles. The molecule has 2 aromatic rings. The number of esters is 1. The van der Waals surface area contributed by atoms with Gasteiger partial charge in [0.2, 0.25) is 17.6 Å². The fourth-order valence-corrected chi connectivity index (χ4v) is 7.39. The normalized spacial score (nSPS) is 28.8. The van der Waals surface area contributed by atoms with Gasteiger partial charge >= 0.3 is 5.97 Å². The molecule has 35 heavy (non-hydrogen) atoms. The highest BCUT2D eigenvalue weighted by Gasteiger charge is 2.66. The smallest absolute Gasteiger partial charge is 0.340 e. The Hall–Kier alpha value is -2.92. The molecule has 2 aromatic carbocycles. The highest BCUT2D eigenvalue weighted by Crippen LogP contribution is 2.60. The Morgan fingerprint density at radius 3 is 2.26 bits per heavy atom. The number of hydrogen-bond acceptors (Lipinski definition) is 7. The Kier molecular flexibility index (Phi) is 6.08. The summed E-state index contributed by atoms with van der Waals surface area (Å²) in [6.07, 6.45) is 0.788. The van der Waals surface area contributed by atoms with Crippen LogP contribution in [0.15, 0.2) is 48.5 Å². The number of imide groups is 1. The number of hydrogen-bond donors (Lipinski definition) is 0. The fourth-order valence-electron chi connectivity index (χ4n) is 5.51. The molecule has 2 saturated carbocycles. The van der Waals surface area contributed by atoms with Crippen LogP contribution in [-0.4, -0.2) is 44.8 Å². The molecule has 0 radical (unpaired) electrons. The minimum absolute atomic E-state index is 0.0147. The van der Waals surface area contributed by atoms with Crippen LogP contribution in [0.3, 0.4) is 0 Å². The van der Waals surface area contributed by atoms with Gasteiger partial charge < -0.3 is 4.74 Å².